The fraction of sp³-hybridized carbons (Fsp3) is 0.500. The number of hydrogen-bond donors (Lipinski definition) is 0. The number of carbonyl (C=O) groups is 2. The molecular formula is C22H27N3O2. The Kier molecular flexibility index (Phi) is 4.41. The molecular weight excluding hydrogens is 338 g/mol. The van der Waals surface area contributed by atoms with E-state index in [1.807, 2.05) is 27.8 Å². The van der Waals surface area contributed by atoms with Gasteiger partial charge in [-0.25, -0.2) is 0 Å². The number of benzene rings is 1. The number of hydrogen-bond acceptors (Lipinski definition) is 3. The number of aromatic nitrogens is 2. The quantitative estimate of drug-likeness (QED) is 0.832. The van der Waals surface area contributed by atoms with Gasteiger partial charge in [-0.2, -0.15) is 5.10 Å². The van der Waals surface area contributed by atoms with Crippen LogP contribution in [-0.4, -0.2) is 32.9 Å². The topological polar surface area (TPSA) is 55.2 Å². The number of fused-ring (bicyclic) bond motifs is 1. The summed E-state index contributed by atoms with van der Waals surface area (Å²) in [6.07, 6.45) is 3.22. The lowest BCUT2D eigenvalue weighted by Gasteiger charge is -2.30. The summed E-state index contributed by atoms with van der Waals surface area (Å²) in [7, 11) is 0. The third kappa shape index (κ3) is 3.31. The number of amides is 1. The zero-order valence-electron chi connectivity index (χ0n) is 16.4. The molecule has 1 aromatic carbocycles. The van der Waals surface area contributed by atoms with Gasteiger partial charge in [0.05, 0.1) is 29.5 Å². The first-order chi connectivity index (χ1) is 12.9. The maximum absolute atomic E-state index is 13.1. The fourth-order valence-electron chi connectivity index (χ4n) is 4.59. The van der Waals surface area contributed by atoms with Crippen LogP contribution in [0.2, 0.25) is 0 Å². The van der Waals surface area contributed by atoms with Crippen molar-refractivity contribution in [2.45, 2.75) is 59.0 Å². The smallest absolute Gasteiger partial charge is 0.220 e. The van der Waals surface area contributed by atoms with Gasteiger partial charge in [-0.1, -0.05) is 44.2 Å². The number of likely N-dealkylation sites (tertiary alicyclic amines) is 1. The zero-order valence-corrected chi connectivity index (χ0v) is 16.4. The summed E-state index contributed by atoms with van der Waals surface area (Å²) in [6.45, 7) is 7.30. The van der Waals surface area contributed by atoms with Crippen LogP contribution in [0.25, 0.3) is 0 Å². The van der Waals surface area contributed by atoms with Gasteiger partial charge in [-0.15, -0.1) is 0 Å². The van der Waals surface area contributed by atoms with Crippen molar-refractivity contribution in [3.8, 4) is 0 Å². The van der Waals surface area contributed by atoms with Crippen molar-refractivity contribution in [3.63, 3.8) is 0 Å². The van der Waals surface area contributed by atoms with E-state index in [4.69, 9.17) is 5.10 Å². The predicted molar refractivity (Wildman–Crippen MR) is 104 cm³/mol. The van der Waals surface area contributed by atoms with Gasteiger partial charge in [0.15, 0.2) is 5.78 Å². The minimum Gasteiger partial charge on any atom is -0.334 e. The SMILES string of the molecule is CC(=O)N1CCC[C@@H]1c1nn(Cc2ccccc2)c2c1C(=O)CC(C)(C)C2. The number of ketones is 1. The van der Waals surface area contributed by atoms with Crippen LogP contribution in [0, 0.1) is 5.41 Å². The lowest BCUT2D eigenvalue weighted by atomic mass is 9.75. The first-order valence-electron chi connectivity index (χ1n) is 9.80. The molecule has 1 aromatic heterocycles. The molecule has 5 nitrogen and oxygen atoms in total. The summed E-state index contributed by atoms with van der Waals surface area (Å²) in [6, 6.07) is 10.1. The summed E-state index contributed by atoms with van der Waals surface area (Å²) in [5.41, 5.74) is 3.73. The summed E-state index contributed by atoms with van der Waals surface area (Å²) in [4.78, 5) is 27.0. The Hall–Kier alpha value is -2.43. The molecule has 1 aliphatic heterocycles. The van der Waals surface area contributed by atoms with Crippen molar-refractivity contribution in [2.75, 3.05) is 6.54 Å². The highest BCUT2D eigenvalue weighted by atomic mass is 16.2. The van der Waals surface area contributed by atoms with E-state index in [0.29, 0.717) is 13.0 Å². The molecule has 1 aliphatic carbocycles. The van der Waals surface area contributed by atoms with Crippen molar-refractivity contribution in [3.05, 3.63) is 52.8 Å². The average molecular weight is 365 g/mol. The molecule has 5 heteroatoms. The van der Waals surface area contributed by atoms with E-state index < -0.39 is 0 Å². The van der Waals surface area contributed by atoms with Crippen LogP contribution in [0.5, 0.6) is 0 Å². The molecule has 2 heterocycles. The van der Waals surface area contributed by atoms with Gasteiger partial charge in [0.2, 0.25) is 5.91 Å². The zero-order chi connectivity index (χ0) is 19.2. The van der Waals surface area contributed by atoms with Crippen molar-refractivity contribution in [2.24, 2.45) is 5.41 Å². The number of nitrogens with zero attached hydrogens (tertiary/aromatic N) is 3. The molecule has 0 unspecified atom stereocenters. The molecule has 1 fully saturated rings. The van der Waals surface area contributed by atoms with Gasteiger partial charge in [-0.3, -0.25) is 14.3 Å². The monoisotopic (exact) mass is 365 g/mol. The third-order valence-electron chi connectivity index (χ3n) is 5.80. The maximum Gasteiger partial charge on any atom is 0.220 e. The summed E-state index contributed by atoms with van der Waals surface area (Å²) < 4.78 is 2.01. The number of carbonyl (C=O) groups excluding carboxylic acids is 2. The van der Waals surface area contributed by atoms with Gasteiger partial charge in [0, 0.05) is 19.9 Å². The maximum atomic E-state index is 13.1. The molecule has 2 aliphatic rings. The highest BCUT2D eigenvalue weighted by Gasteiger charge is 2.40. The van der Waals surface area contributed by atoms with Crippen LogP contribution in [-0.2, 0) is 17.8 Å². The van der Waals surface area contributed by atoms with Gasteiger partial charge in [-0.05, 0) is 30.2 Å². The summed E-state index contributed by atoms with van der Waals surface area (Å²) in [5, 5.41) is 4.92. The number of Topliss-reactive ketones (excluding diaryl/α,β-unsaturated/α-hetero) is 1. The van der Waals surface area contributed by atoms with E-state index in [9.17, 15) is 9.59 Å². The molecule has 0 spiro atoms. The van der Waals surface area contributed by atoms with Crippen molar-refractivity contribution in [1.82, 2.24) is 14.7 Å². The van der Waals surface area contributed by atoms with E-state index in [-0.39, 0.29) is 23.1 Å². The number of rotatable bonds is 3. The Morgan fingerprint density at radius 1 is 1.22 bits per heavy atom. The molecule has 0 N–H and O–H groups in total. The average Bonchev–Trinajstić information content (AvgIpc) is 3.20. The van der Waals surface area contributed by atoms with Crippen LogP contribution in [0.1, 0.15) is 73.4 Å². The molecule has 0 saturated carbocycles. The van der Waals surface area contributed by atoms with Crippen molar-refractivity contribution < 1.29 is 9.59 Å². The van der Waals surface area contributed by atoms with E-state index in [0.717, 1.165) is 42.8 Å². The molecule has 142 valence electrons. The van der Waals surface area contributed by atoms with Crippen molar-refractivity contribution >= 4 is 11.7 Å². The van der Waals surface area contributed by atoms with Crippen LogP contribution < -0.4 is 0 Å². The van der Waals surface area contributed by atoms with Gasteiger partial charge in [0.25, 0.3) is 0 Å². The van der Waals surface area contributed by atoms with Crippen molar-refractivity contribution in [1.29, 1.82) is 0 Å². The normalized spacial score (nSPS) is 21.4. The standard InChI is InChI=1S/C22H27N3O2/c1-15(26)24-11-7-10-17(24)21-20-18(12-22(2,3)13-19(20)27)25(23-21)14-16-8-5-4-6-9-16/h4-6,8-9,17H,7,10-14H2,1-3H3/t17-/m1/s1. The molecule has 27 heavy (non-hydrogen) atoms. The Labute approximate surface area is 160 Å². The molecule has 1 atom stereocenters. The van der Waals surface area contributed by atoms with Crippen LogP contribution in [0.15, 0.2) is 30.3 Å². The Balaban J connectivity index is 1.81. The van der Waals surface area contributed by atoms with E-state index in [1.54, 1.807) is 6.92 Å². The van der Waals surface area contributed by atoms with E-state index >= 15 is 0 Å². The van der Waals surface area contributed by atoms with E-state index in [1.165, 1.54) is 5.56 Å². The van der Waals surface area contributed by atoms with Crippen LogP contribution in [0.4, 0.5) is 0 Å². The first-order valence-corrected chi connectivity index (χ1v) is 9.80. The minimum atomic E-state index is -0.0709. The molecule has 0 radical (unpaired) electrons. The minimum absolute atomic E-state index is 0.0625. The van der Waals surface area contributed by atoms with E-state index in [2.05, 4.69) is 26.0 Å². The van der Waals surface area contributed by atoms with Gasteiger partial charge in [0.1, 0.15) is 0 Å². The Bertz CT molecular complexity index is 882. The molecule has 1 amide bonds. The largest absolute Gasteiger partial charge is 0.334 e. The van der Waals surface area contributed by atoms with Crippen LogP contribution in [0.3, 0.4) is 0 Å². The first kappa shape index (κ1) is 18.0. The highest BCUT2D eigenvalue weighted by Crippen LogP contribution is 2.41. The lowest BCUT2D eigenvalue weighted by molar-refractivity contribution is -0.129. The third-order valence-corrected chi connectivity index (χ3v) is 5.80. The molecule has 0 bridgehead atoms. The molecule has 1 saturated heterocycles. The van der Waals surface area contributed by atoms with Crippen LogP contribution >= 0.6 is 0 Å². The lowest BCUT2D eigenvalue weighted by Crippen LogP contribution is -2.31. The second kappa shape index (κ2) is 6.63. The highest BCUT2D eigenvalue weighted by molar-refractivity contribution is 6.00. The Morgan fingerprint density at radius 2 is 1.96 bits per heavy atom. The summed E-state index contributed by atoms with van der Waals surface area (Å²) >= 11 is 0. The fourth-order valence-corrected chi connectivity index (χ4v) is 4.59. The molecule has 2 aromatic rings. The summed E-state index contributed by atoms with van der Waals surface area (Å²) in [5.74, 6) is 0.235. The second-order valence-corrected chi connectivity index (χ2v) is 8.66. The predicted octanol–water partition coefficient (Wildman–Crippen LogP) is 3.77. The Morgan fingerprint density at radius 3 is 2.67 bits per heavy atom. The molecule has 4 rings (SSSR count). The second-order valence-electron chi connectivity index (χ2n) is 8.66. The van der Waals surface area contributed by atoms with Gasteiger partial charge < -0.3 is 4.90 Å². The van der Waals surface area contributed by atoms with Gasteiger partial charge >= 0.3 is 0 Å².